The molecule has 0 spiro atoms. The Bertz CT molecular complexity index is 1280. The van der Waals surface area contributed by atoms with E-state index in [9.17, 15) is 9.59 Å². The molecule has 180 valence electrons. The number of ether oxygens (including phenoxy) is 2. The number of hydrogen-bond acceptors (Lipinski definition) is 6. The van der Waals surface area contributed by atoms with Crippen molar-refractivity contribution >= 4 is 32.8 Å². The Balaban J connectivity index is 1.87. The fraction of sp³-hybridized carbons (Fsp3) is 0.385. The van der Waals surface area contributed by atoms with Crippen molar-refractivity contribution in [3.05, 3.63) is 68.0 Å². The first kappa shape index (κ1) is 24.3. The van der Waals surface area contributed by atoms with Crippen LogP contribution < -0.4 is 14.9 Å². The van der Waals surface area contributed by atoms with Gasteiger partial charge in [-0.3, -0.25) is 9.59 Å². The first-order valence-electron chi connectivity index (χ1n) is 11.2. The predicted molar refractivity (Wildman–Crippen MR) is 135 cm³/mol. The van der Waals surface area contributed by atoms with Crippen molar-refractivity contribution in [1.29, 1.82) is 0 Å². The Morgan fingerprint density at radius 2 is 1.88 bits per heavy atom. The van der Waals surface area contributed by atoms with Crippen LogP contribution in [0, 0.1) is 5.92 Å². The first-order valence-corrected chi connectivity index (χ1v) is 12.0. The van der Waals surface area contributed by atoms with Crippen LogP contribution in [0.4, 0.5) is 0 Å². The smallest absolute Gasteiger partial charge is 0.290 e. The van der Waals surface area contributed by atoms with Crippen molar-refractivity contribution in [3.8, 4) is 11.5 Å². The maximum Gasteiger partial charge on any atom is 0.290 e. The maximum absolute atomic E-state index is 13.7. The average Bonchev–Trinajstić information content (AvgIpc) is 3.08. The third-order valence-electron chi connectivity index (χ3n) is 5.79. The van der Waals surface area contributed by atoms with Gasteiger partial charge in [-0.05, 0) is 55.9 Å². The second-order valence-corrected chi connectivity index (χ2v) is 10.0. The largest absolute Gasteiger partial charge is 0.493 e. The van der Waals surface area contributed by atoms with Gasteiger partial charge >= 0.3 is 0 Å². The molecule has 0 fully saturated rings. The highest BCUT2D eigenvalue weighted by Gasteiger charge is 2.42. The van der Waals surface area contributed by atoms with Gasteiger partial charge in [0.25, 0.3) is 5.91 Å². The van der Waals surface area contributed by atoms with Crippen molar-refractivity contribution < 1.29 is 18.7 Å². The molecule has 2 heterocycles. The van der Waals surface area contributed by atoms with E-state index in [4.69, 9.17) is 13.9 Å². The molecule has 1 aromatic heterocycles. The average molecular weight is 529 g/mol. The molecule has 3 aromatic rings. The summed E-state index contributed by atoms with van der Waals surface area (Å²) < 4.78 is 18.3. The summed E-state index contributed by atoms with van der Waals surface area (Å²) >= 11 is 3.43. The van der Waals surface area contributed by atoms with E-state index in [-0.39, 0.29) is 17.1 Å². The summed E-state index contributed by atoms with van der Waals surface area (Å²) in [5.74, 6) is 1.35. The standard InChI is InChI=1S/C26H29BrN2O5/c1-15(2)14-33-20-8-6-16(12-21(20)32-5)23-22-24(30)18-13-17(27)7-9-19(18)34-25(22)26(31)29(23)11-10-28(3)4/h6-9,12-13,15,23H,10-11,14H2,1-5H3. The number of methoxy groups -OCH3 is 1. The molecule has 1 aliphatic rings. The zero-order valence-corrected chi connectivity index (χ0v) is 21.6. The van der Waals surface area contributed by atoms with Gasteiger partial charge in [-0.25, -0.2) is 0 Å². The molecule has 34 heavy (non-hydrogen) atoms. The van der Waals surface area contributed by atoms with E-state index >= 15 is 0 Å². The van der Waals surface area contributed by atoms with Gasteiger partial charge in [0.15, 0.2) is 16.9 Å². The van der Waals surface area contributed by atoms with Crippen LogP contribution in [0.1, 0.15) is 41.6 Å². The number of fused-ring (bicyclic) bond motifs is 2. The van der Waals surface area contributed by atoms with Gasteiger partial charge in [0.1, 0.15) is 5.58 Å². The Hall–Kier alpha value is -2.84. The number of carbonyl (C=O) groups is 1. The summed E-state index contributed by atoms with van der Waals surface area (Å²) in [5.41, 5.74) is 1.30. The normalized spacial score (nSPS) is 15.5. The summed E-state index contributed by atoms with van der Waals surface area (Å²) in [6.45, 7) is 5.79. The van der Waals surface area contributed by atoms with E-state index in [1.54, 1.807) is 30.2 Å². The Morgan fingerprint density at radius 1 is 1.12 bits per heavy atom. The third-order valence-corrected chi connectivity index (χ3v) is 6.28. The Labute approximate surface area is 207 Å². The van der Waals surface area contributed by atoms with Crippen LogP contribution in [-0.2, 0) is 0 Å². The molecule has 4 rings (SSSR count). The van der Waals surface area contributed by atoms with Crippen LogP contribution in [0.2, 0.25) is 0 Å². The van der Waals surface area contributed by atoms with E-state index in [0.29, 0.717) is 53.6 Å². The zero-order valence-electron chi connectivity index (χ0n) is 20.1. The van der Waals surface area contributed by atoms with Gasteiger partial charge in [0.05, 0.1) is 30.7 Å². The Morgan fingerprint density at radius 3 is 2.56 bits per heavy atom. The van der Waals surface area contributed by atoms with Crippen LogP contribution in [0.25, 0.3) is 11.0 Å². The minimum absolute atomic E-state index is 0.0997. The molecular formula is C26H29BrN2O5. The van der Waals surface area contributed by atoms with Gasteiger partial charge in [0, 0.05) is 17.6 Å². The highest BCUT2D eigenvalue weighted by molar-refractivity contribution is 9.10. The minimum Gasteiger partial charge on any atom is -0.493 e. The summed E-state index contributed by atoms with van der Waals surface area (Å²) in [5, 5.41) is 0.434. The number of nitrogens with zero attached hydrogens (tertiary/aromatic N) is 2. The molecule has 2 aromatic carbocycles. The quantitative estimate of drug-likeness (QED) is 0.421. The maximum atomic E-state index is 13.7. The number of amides is 1. The van der Waals surface area contributed by atoms with Crippen LogP contribution in [-0.4, -0.2) is 56.6 Å². The molecule has 1 aliphatic heterocycles. The number of rotatable bonds is 8. The molecule has 7 nitrogen and oxygen atoms in total. The van der Waals surface area contributed by atoms with Gasteiger partial charge in [-0.2, -0.15) is 0 Å². The topological polar surface area (TPSA) is 72.2 Å². The molecule has 0 radical (unpaired) electrons. The molecule has 0 saturated carbocycles. The molecule has 1 atom stereocenters. The van der Waals surface area contributed by atoms with Crippen molar-refractivity contribution in [2.45, 2.75) is 19.9 Å². The highest BCUT2D eigenvalue weighted by Crippen LogP contribution is 2.41. The minimum atomic E-state index is -0.588. The number of carbonyl (C=O) groups excluding carboxylic acids is 1. The molecule has 1 unspecified atom stereocenters. The van der Waals surface area contributed by atoms with E-state index < -0.39 is 6.04 Å². The molecule has 1 amide bonds. The van der Waals surface area contributed by atoms with E-state index in [2.05, 4.69) is 29.8 Å². The second kappa shape index (κ2) is 9.80. The van der Waals surface area contributed by atoms with Crippen molar-refractivity contribution in [1.82, 2.24) is 9.80 Å². The predicted octanol–water partition coefficient (Wildman–Crippen LogP) is 4.71. The molecule has 0 bridgehead atoms. The number of likely N-dealkylation sites (N-methyl/N-ethyl adjacent to an activating group) is 1. The van der Waals surface area contributed by atoms with Gasteiger partial charge < -0.3 is 23.7 Å². The van der Waals surface area contributed by atoms with Crippen molar-refractivity contribution in [3.63, 3.8) is 0 Å². The highest BCUT2D eigenvalue weighted by atomic mass is 79.9. The summed E-state index contributed by atoms with van der Waals surface area (Å²) in [7, 11) is 5.47. The number of hydrogen-bond donors (Lipinski definition) is 0. The Kier molecular flexibility index (Phi) is 7.00. The number of benzene rings is 2. The second-order valence-electron chi connectivity index (χ2n) is 9.13. The van der Waals surface area contributed by atoms with Crippen LogP contribution in [0.3, 0.4) is 0 Å². The fourth-order valence-corrected chi connectivity index (χ4v) is 4.47. The first-order chi connectivity index (χ1) is 16.2. The van der Waals surface area contributed by atoms with E-state index in [1.165, 1.54) is 0 Å². The van der Waals surface area contributed by atoms with Gasteiger partial charge in [-0.15, -0.1) is 0 Å². The molecule has 8 heteroatoms. The van der Waals surface area contributed by atoms with Crippen molar-refractivity contribution in [2.24, 2.45) is 5.92 Å². The lowest BCUT2D eigenvalue weighted by Crippen LogP contribution is -2.35. The summed E-state index contributed by atoms with van der Waals surface area (Å²) in [6.07, 6.45) is 0. The lowest BCUT2D eigenvalue weighted by atomic mass is 9.98. The lowest BCUT2D eigenvalue weighted by molar-refractivity contribution is 0.0716. The van der Waals surface area contributed by atoms with E-state index in [1.807, 2.05) is 37.2 Å². The van der Waals surface area contributed by atoms with Crippen LogP contribution in [0.5, 0.6) is 11.5 Å². The van der Waals surface area contributed by atoms with Crippen molar-refractivity contribution in [2.75, 3.05) is 40.9 Å². The van der Waals surface area contributed by atoms with Gasteiger partial charge in [-0.1, -0.05) is 35.8 Å². The molecule has 0 saturated heterocycles. The SMILES string of the molecule is COc1cc(C2c3c(oc4ccc(Br)cc4c3=O)C(=O)N2CCN(C)C)ccc1OCC(C)C. The van der Waals surface area contributed by atoms with Crippen LogP contribution in [0.15, 0.2) is 50.1 Å². The van der Waals surface area contributed by atoms with E-state index in [0.717, 1.165) is 10.0 Å². The third kappa shape index (κ3) is 4.57. The molecule has 0 N–H and O–H groups in total. The van der Waals surface area contributed by atoms with Gasteiger partial charge in [0.2, 0.25) is 5.76 Å². The monoisotopic (exact) mass is 528 g/mol. The summed E-state index contributed by atoms with van der Waals surface area (Å²) in [4.78, 5) is 30.8. The number of halogens is 1. The molecule has 0 aliphatic carbocycles. The lowest BCUT2D eigenvalue weighted by Gasteiger charge is -2.27. The fourth-order valence-electron chi connectivity index (χ4n) is 4.11. The zero-order chi connectivity index (χ0) is 24.6. The summed E-state index contributed by atoms with van der Waals surface area (Å²) in [6, 6.07) is 10.2. The van der Waals surface area contributed by atoms with Crippen LogP contribution >= 0.6 is 15.9 Å². The molecular weight excluding hydrogens is 500 g/mol.